The lowest BCUT2D eigenvalue weighted by molar-refractivity contribution is -0.145. The minimum Gasteiger partial charge on any atom is -0.482 e. The molecule has 3 aromatic rings. The lowest BCUT2D eigenvalue weighted by Gasteiger charge is -2.43. The van der Waals surface area contributed by atoms with Crippen molar-refractivity contribution in [3.8, 4) is 5.75 Å². The number of ether oxygens (including phenoxy) is 3. The van der Waals surface area contributed by atoms with Crippen LogP contribution in [-0.4, -0.2) is 53.8 Å². The predicted molar refractivity (Wildman–Crippen MR) is 167 cm³/mol. The van der Waals surface area contributed by atoms with Crippen LogP contribution in [0.2, 0.25) is 5.02 Å². The summed E-state index contributed by atoms with van der Waals surface area (Å²) in [5.41, 5.74) is 1.49. The van der Waals surface area contributed by atoms with E-state index in [9.17, 15) is 24.0 Å². The molecule has 2 amide bonds. The molecule has 45 heavy (non-hydrogen) atoms. The highest BCUT2D eigenvalue weighted by atomic mass is 35.5. The molecule has 2 aromatic carbocycles. The number of benzene rings is 2. The van der Waals surface area contributed by atoms with Gasteiger partial charge in [0, 0.05) is 26.6 Å². The molecule has 0 radical (unpaired) electrons. The van der Waals surface area contributed by atoms with E-state index in [4.69, 9.17) is 25.8 Å². The minimum atomic E-state index is -0.517. The third-order valence-electron chi connectivity index (χ3n) is 9.32. The molecule has 1 N–H and O–H groups in total. The molecule has 4 aliphatic rings. The Morgan fingerprint density at radius 1 is 0.978 bits per heavy atom. The third-order valence-corrected chi connectivity index (χ3v) is 12.1. The number of thiazole rings is 1. The summed E-state index contributed by atoms with van der Waals surface area (Å²) >= 11 is 9.22. The Hall–Kier alpha value is -3.61. The number of fused-ring (bicyclic) bond motifs is 9. The second-order valence-corrected chi connectivity index (χ2v) is 14.2. The van der Waals surface area contributed by atoms with Crippen molar-refractivity contribution in [3.63, 3.8) is 0 Å². The van der Waals surface area contributed by atoms with Crippen LogP contribution in [-0.2, 0) is 23.9 Å². The van der Waals surface area contributed by atoms with Crippen molar-refractivity contribution in [1.82, 2.24) is 4.98 Å². The van der Waals surface area contributed by atoms with Gasteiger partial charge in [-0.25, -0.2) is 9.59 Å². The molecule has 2 aliphatic carbocycles. The fourth-order valence-electron chi connectivity index (χ4n) is 7.81. The van der Waals surface area contributed by atoms with Crippen molar-refractivity contribution < 1.29 is 33.4 Å². The molecule has 4 unspecified atom stereocenters. The van der Waals surface area contributed by atoms with Crippen molar-refractivity contribution in [2.75, 3.05) is 24.7 Å². The van der Waals surface area contributed by atoms with Crippen molar-refractivity contribution in [2.24, 2.45) is 29.6 Å². The van der Waals surface area contributed by atoms with E-state index in [1.807, 2.05) is 0 Å². The van der Waals surface area contributed by atoms with Crippen LogP contribution >= 0.6 is 34.7 Å². The number of rotatable bonds is 8. The molecule has 7 atom stereocenters. The van der Waals surface area contributed by atoms with Crippen LogP contribution in [0, 0.1) is 29.6 Å². The number of nitrogens with zero attached hydrogens (tertiary/aromatic N) is 1. The highest BCUT2D eigenvalue weighted by Gasteiger charge is 2.69. The lowest BCUT2D eigenvalue weighted by atomic mass is 9.68. The van der Waals surface area contributed by atoms with Crippen LogP contribution in [0.15, 0.2) is 52.3 Å². The Bertz CT molecular complexity index is 1770. The number of carbonyl (C=O) groups excluding carboxylic acids is 4. The largest absolute Gasteiger partial charge is 0.482 e. The first-order valence-electron chi connectivity index (χ1n) is 14.8. The monoisotopic (exact) mass is 668 g/mol. The molecule has 2 saturated carbocycles. The van der Waals surface area contributed by atoms with E-state index in [2.05, 4.69) is 4.98 Å². The number of imide groups is 1. The number of aromatic nitrogens is 1. The van der Waals surface area contributed by atoms with Crippen molar-refractivity contribution >= 4 is 64.1 Å². The van der Waals surface area contributed by atoms with E-state index in [0.717, 1.165) is 26.8 Å². The number of H-pyrrole nitrogens is 1. The highest BCUT2D eigenvalue weighted by molar-refractivity contribution is 8.00. The number of thioether (sulfide) groups is 1. The molecule has 13 heteroatoms. The summed E-state index contributed by atoms with van der Waals surface area (Å²) in [4.78, 5) is 69.9. The highest BCUT2D eigenvalue weighted by Crippen LogP contribution is 2.69. The van der Waals surface area contributed by atoms with Gasteiger partial charge in [-0.05, 0) is 80.5 Å². The SMILES string of the molecule is CCOC(=O)COc1ccc(Cl)cc1[C@H]1c2sc(=O)[nH]c2SC2C1[C@H]1C[C@@H]2C2C(=O)N(c3ccc(C(=O)OCC)cc3)C(=O)C21. The lowest BCUT2D eigenvalue weighted by Crippen LogP contribution is -2.42. The summed E-state index contributed by atoms with van der Waals surface area (Å²) in [6, 6.07) is 11.5. The van der Waals surface area contributed by atoms with Crippen LogP contribution in [0.5, 0.6) is 5.75 Å². The summed E-state index contributed by atoms with van der Waals surface area (Å²) in [5, 5.41) is 1.18. The molecular formula is C32H29ClN2O8S2. The number of esters is 2. The summed E-state index contributed by atoms with van der Waals surface area (Å²) in [6.45, 7) is 3.62. The Morgan fingerprint density at radius 3 is 2.40 bits per heavy atom. The Labute approximate surface area is 271 Å². The maximum absolute atomic E-state index is 14.1. The van der Waals surface area contributed by atoms with Gasteiger partial charge in [-0.1, -0.05) is 22.9 Å². The van der Waals surface area contributed by atoms with E-state index < -0.39 is 23.8 Å². The Morgan fingerprint density at radius 2 is 1.69 bits per heavy atom. The van der Waals surface area contributed by atoms with Crippen molar-refractivity contribution in [2.45, 2.75) is 36.5 Å². The summed E-state index contributed by atoms with van der Waals surface area (Å²) < 4.78 is 16.1. The number of halogens is 1. The van der Waals surface area contributed by atoms with Gasteiger partial charge < -0.3 is 19.2 Å². The molecule has 0 spiro atoms. The number of nitrogens with one attached hydrogen (secondary N) is 1. The smallest absolute Gasteiger partial charge is 0.344 e. The van der Waals surface area contributed by atoms with Crippen LogP contribution in [0.25, 0.3) is 0 Å². The van der Waals surface area contributed by atoms with Gasteiger partial charge in [-0.3, -0.25) is 19.3 Å². The number of anilines is 1. The second kappa shape index (κ2) is 11.6. The molecule has 10 nitrogen and oxygen atoms in total. The molecule has 7 rings (SSSR count). The van der Waals surface area contributed by atoms with Gasteiger partial charge in [0.05, 0.1) is 41.3 Å². The first-order chi connectivity index (χ1) is 21.7. The molecule has 234 valence electrons. The van der Waals surface area contributed by atoms with Crippen molar-refractivity contribution in [1.29, 1.82) is 0 Å². The second-order valence-electron chi connectivity index (χ2n) is 11.5. The number of aromatic amines is 1. The molecule has 1 saturated heterocycles. The van der Waals surface area contributed by atoms with Gasteiger partial charge in [-0.15, -0.1) is 11.8 Å². The molecule has 2 bridgehead atoms. The molecule has 2 aliphatic heterocycles. The van der Waals surface area contributed by atoms with Gasteiger partial charge in [0.2, 0.25) is 11.8 Å². The third kappa shape index (κ3) is 4.88. The summed E-state index contributed by atoms with van der Waals surface area (Å²) in [7, 11) is 0. The topological polar surface area (TPSA) is 132 Å². The van der Waals surface area contributed by atoms with Gasteiger partial charge in [-0.2, -0.15) is 0 Å². The summed E-state index contributed by atoms with van der Waals surface area (Å²) in [5.74, 6) is -2.66. The fraction of sp³-hybridized carbons (Fsp3) is 0.406. The first-order valence-corrected chi connectivity index (χ1v) is 16.9. The number of hydrogen-bond acceptors (Lipinski definition) is 10. The van der Waals surface area contributed by atoms with Gasteiger partial charge in [0.15, 0.2) is 6.61 Å². The molecule has 1 aromatic heterocycles. The predicted octanol–water partition coefficient (Wildman–Crippen LogP) is 4.89. The van der Waals surface area contributed by atoms with E-state index in [0.29, 0.717) is 28.4 Å². The molecular weight excluding hydrogens is 640 g/mol. The quantitative estimate of drug-likeness (QED) is 0.263. The summed E-state index contributed by atoms with van der Waals surface area (Å²) in [6.07, 6.45) is 0.708. The number of amides is 2. The van der Waals surface area contributed by atoms with Gasteiger partial charge in [0.25, 0.3) is 0 Å². The maximum atomic E-state index is 14.1. The zero-order valence-corrected chi connectivity index (χ0v) is 26.7. The van der Waals surface area contributed by atoms with Gasteiger partial charge >= 0.3 is 16.8 Å². The van der Waals surface area contributed by atoms with Crippen molar-refractivity contribution in [3.05, 3.63) is 73.2 Å². The number of carbonyl (C=O) groups is 4. The Balaban J connectivity index is 1.25. The van der Waals surface area contributed by atoms with E-state index in [1.165, 1.54) is 4.90 Å². The maximum Gasteiger partial charge on any atom is 0.344 e. The van der Waals surface area contributed by atoms with Gasteiger partial charge in [0.1, 0.15) is 5.75 Å². The standard InChI is InChI=1S/C32H29ClN2O8S2/c1-3-41-21(36)13-43-20-10-7-15(33)11-17(20)22-23-18-12-19(26(23)44-28-27(22)45-32(40)34-28)25-24(18)29(37)35(30(25)38)16-8-5-14(6-9-16)31(39)42-4-2/h5-11,18-19,22-26H,3-4,12-13H2,1-2H3,(H,34,40)/t18-,19-,22-,23?,24?,25?,26?/m1/s1. The average molecular weight is 669 g/mol. The zero-order valence-electron chi connectivity index (χ0n) is 24.3. The average Bonchev–Trinajstić information content (AvgIpc) is 3.75. The van der Waals surface area contributed by atoms with Crippen LogP contribution in [0.4, 0.5) is 5.69 Å². The normalized spacial score (nSPS) is 27.6. The van der Waals surface area contributed by atoms with E-state index in [1.54, 1.807) is 68.1 Å². The minimum absolute atomic E-state index is 0.0428. The van der Waals surface area contributed by atoms with Crippen LogP contribution in [0.3, 0.4) is 0 Å². The van der Waals surface area contributed by atoms with Crippen LogP contribution < -0.4 is 14.5 Å². The Kier molecular flexibility index (Phi) is 7.77. The fourth-order valence-corrected chi connectivity index (χ4v) is 10.9. The molecule has 3 fully saturated rings. The first kappa shape index (κ1) is 30.1. The number of hydrogen-bond donors (Lipinski definition) is 1. The molecule has 3 heterocycles. The van der Waals surface area contributed by atoms with E-state index in [-0.39, 0.29) is 65.4 Å². The van der Waals surface area contributed by atoms with E-state index >= 15 is 0 Å². The zero-order chi connectivity index (χ0) is 31.6. The van der Waals surface area contributed by atoms with Crippen LogP contribution in [0.1, 0.15) is 47.0 Å².